The Morgan fingerprint density at radius 1 is 1.18 bits per heavy atom. The Labute approximate surface area is 191 Å². The van der Waals surface area contributed by atoms with E-state index in [4.69, 9.17) is 0 Å². The maximum absolute atomic E-state index is 13.9. The summed E-state index contributed by atoms with van der Waals surface area (Å²) >= 11 is 0. The fourth-order valence-corrected chi connectivity index (χ4v) is 4.60. The molecule has 0 radical (unpaired) electrons. The SMILES string of the molecule is CN(C)C(CNC(=O)CC(c1ccccc1)C1(C(F)(F)F)CC1)Cc1ccc2[nH]ncc2c1. The molecule has 2 atom stereocenters. The van der Waals surface area contributed by atoms with E-state index in [0.29, 0.717) is 18.5 Å². The summed E-state index contributed by atoms with van der Waals surface area (Å²) in [6.07, 6.45) is -1.90. The number of nitrogens with one attached hydrogen (secondary N) is 2. The number of likely N-dealkylation sites (N-methyl/N-ethyl adjacent to an activating group) is 1. The molecule has 0 bridgehead atoms. The molecule has 1 amide bonds. The number of benzene rings is 2. The quantitative estimate of drug-likeness (QED) is 0.490. The van der Waals surface area contributed by atoms with E-state index in [1.807, 2.05) is 31.1 Å². The fraction of sp³-hybridized carbons (Fsp3) is 0.440. The highest BCUT2D eigenvalue weighted by atomic mass is 19.4. The summed E-state index contributed by atoms with van der Waals surface area (Å²) in [6, 6.07) is 14.7. The van der Waals surface area contributed by atoms with E-state index in [-0.39, 0.29) is 31.2 Å². The number of carbonyl (C=O) groups is 1. The molecule has 0 saturated heterocycles. The zero-order valence-electron chi connectivity index (χ0n) is 18.8. The third kappa shape index (κ3) is 5.05. The maximum Gasteiger partial charge on any atom is 0.395 e. The molecular formula is C25H29F3N4O. The molecule has 5 nitrogen and oxygen atoms in total. The Balaban J connectivity index is 1.43. The molecule has 1 aliphatic rings. The molecule has 176 valence electrons. The normalized spacial score (nSPS) is 17.2. The topological polar surface area (TPSA) is 61.0 Å². The van der Waals surface area contributed by atoms with Gasteiger partial charge in [-0.25, -0.2) is 0 Å². The molecule has 1 fully saturated rings. The van der Waals surface area contributed by atoms with E-state index < -0.39 is 17.5 Å². The highest BCUT2D eigenvalue weighted by molar-refractivity contribution is 5.78. The zero-order chi connectivity index (χ0) is 23.6. The maximum atomic E-state index is 13.9. The van der Waals surface area contributed by atoms with Crippen LogP contribution in [-0.2, 0) is 11.2 Å². The van der Waals surface area contributed by atoms with Gasteiger partial charge in [-0.2, -0.15) is 18.3 Å². The lowest BCUT2D eigenvalue weighted by Crippen LogP contribution is -2.42. The van der Waals surface area contributed by atoms with Crippen LogP contribution in [0.4, 0.5) is 13.2 Å². The van der Waals surface area contributed by atoms with Crippen molar-refractivity contribution in [1.29, 1.82) is 0 Å². The molecule has 8 heteroatoms. The van der Waals surface area contributed by atoms with Crippen molar-refractivity contribution < 1.29 is 18.0 Å². The molecule has 2 unspecified atom stereocenters. The Morgan fingerprint density at radius 3 is 2.55 bits per heavy atom. The smallest absolute Gasteiger partial charge is 0.355 e. The molecular weight excluding hydrogens is 429 g/mol. The number of halogens is 3. The van der Waals surface area contributed by atoms with Crippen molar-refractivity contribution in [2.75, 3.05) is 20.6 Å². The molecule has 1 aromatic heterocycles. The van der Waals surface area contributed by atoms with Crippen LogP contribution in [0, 0.1) is 5.41 Å². The number of rotatable bonds is 9. The van der Waals surface area contributed by atoms with Gasteiger partial charge in [0.05, 0.1) is 17.1 Å². The van der Waals surface area contributed by atoms with Crippen molar-refractivity contribution in [2.45, 2.75) is 43.8 Å². The van der Waals surface area contributed by atoms with Crippen LogP contribution < -0.4 is 5.32 Å². The summed E-state index contributed by atoms with van der Waals surface area (Å²) in [7, 11) is 3.87. The van der Waals surface area contributed by atoms with Crippen molar-refractivity contribution >= 4 is 16.8 Å². The van der Waals surface area contributed by atoms with E-state index in [9.17, 15) is 18.0 Å². The largest absolute Gasteiger partial charge is 0.395 e. The van der Waals surface area contributed by atoms with Crippen LogP contribution in [0.2, 0.25) is 0 Å². The van der Waals surface area contributed by atoms with Crippen molar-refractivity contribution in [1.82, 2.24) is 20.4 Å². The molecule has 0 aliphatic heterocycles. The number of alkyl halides is 3. The van der Waals surface area contributed by atoms with E-state index in [2.05, 4.69) is 21.6 Å². The lowest BCUT2D eigenvalue weighted by Gasteiger charge is -2.30. The van der Waals surface area contributed by atoms with Crippen molar-refractivity contribution in [3.8, 4) is 0 Å². The van der Waals surface area contributed by atoms with Gasteiger partial charge in [-0.3, -0.25) is 9.89 Å². The van der Waals surface area contributed by atoms with E-state index in [0.717, 1.165) is 16.5 Å². The highest BCUT2D eigenvalue weighted by Gasteiger charge is 2.67. The third-order valence-corrected chi connectivity index (χ3v) is 6.85. The van der Waals surface area contributed by atoms with Gasteiger partial charge in [0.15, 0.2) is 0 Å². The van der Waals surface area contributed by atoms with E-state index in [1.165, 1.54) is 0 Å². The Hall–Kier alpha value is -2.87. The number of nitrogens with zero attached hydrogens (tertiary/aromatic N) is 2. The second kappa shape index (κ2) is 9.17. The van der Waals surface area contributed by atoms with Gasteiger partial charge in [0.1, 0.15) is 0 Å². The van der Waals surface area contributed by atoms with Gasteiger partial charge in [-0.1, -0.05) is 36.4 Å². The molecule has 1 heterocycles. The predicted octanol–water partition coefficient (Wildman–Crippen LogP) is 4.67. The van der Waals surface area contributed by atoms with E-state index >= 15 is 0 Å². The molecule has 1 aliphatic carbocycles. The molecule has 0 spiro atoms. The van der Waals surface area contributed by atoms with E-state index in [1.54, 1.807) is 36.5 Å². The minimum absolute atomic E-state index is 0.00553. The minimum Gasteiger partial charge on any atom is -0.355 e. The van der Waals surface area contributed by atoms with Gasteiger partial charge in [0.2, 0.25) is 5.91 Å². The average Bonchev–Trinajstić information content (AvgIpc) is 3.47. The standard InChI is InChI=1S/C25H29F3N4O/c1-32(2)20(13-17-8-9-22-19(12-17)15-30-31-22)16-29-23(33)14-21(18-6-4-3-5-7-18)24(10-11-24)25(26,27)28/h3-9,12,15,20-21H,10-11,13-14,16H2,1-2H3,(H,29,33)(H,30,31). The monoisotopic (exact) mass is 458 g/mol. The number of fused-ring (bicyclic) bond motifs is 1. The van der Waals surface area contributed by atoms with Crippen LogP contribution in [0.1, 0.15) is 36.3 Å². The Kier molecular flexibility index (Phi) is 6.47. The first-order chi connectivity index (χ1) is 15.7. The second-order valence-electron chi connectivity index (χ2n) is 9.24. The number of aromatic amines is 1. The van der Waals surface area contributed by atoms with Crippen molar-refractivity contribution in [2.24, 2.45) is 5.41 Å². The predicted molar refractivity (Wildman–Crippen MR) is 122 cm³/mol. The number of hydrogen-bond donors (Lipinski definition) is 2. The summed E-state index contributed by atoms with van der Waals surface area (Å²) in [6.45, 7) is 0.357. The number of H-pyrrole nitrogens is 1. The summed E-state index contributed by atoms with van der Waals surface area (Å²) in [5.41, 5.74) is 0.833. The van der Waals surface area contributed by atoms with Crippen LogP contribution in [-0.4, -0.2) is 53.9 Å². The lowest BCUT2D eigenvalue weighted by atomic mass is 9.80. The minimum atomic E-state index is -4.33. The summed E-state index contributed by atoms with van der Waals surface area (Å²) in [5.74, 6) is -1.23. The van der Waals surface area contributed by atoms with Crippen molar-refractivity contribution in [3.63, 3.8) is 0 Å². The number of carbonyl (C=O) groups excluding carboxylic acids is 1. The van der Waals surface area contributed by atoms with Gasteiger partial charge < -0.3 is 10.2 Å². The number of hydrogen-bond acceptors (Lipinski definition) is 3. The average molecular weight is 459 g/mol. The van der Waals surface area contributed by atoms with Gasteiger partial charge in [-0.05, 0) is 56.6 Å². The molecule has 2 aromatic carbocycles. The third-order valence-electron chi connectivity index (χ3n) is 6.85. The van der Waals surface area contributed by atoms with Gasteiger partial charge in [0, 0.05) is 30.3 Å². The first-order valence-corrected chi connectivity index (χ1v) is 11.2. The molecule has 2 N–H and O–H groups in total. The van der Waals surface area contributed by atoms with Crippen LogP contribution in [0.15, 0.2) is 54.7 Å². The molecule has 1 saturated carbocycles. The molecule has 33 heavy (non-hydrogen) atoms. The van der Waals surface area contributed by atoms with Crippen molar-refractivity contribution in [3.05, 3.63) is 65.9 Å². The number of amides is 1. The van der Waals surface area contributed by atoms with Gasteiger partial charge in [-0.15, -0.1) is 0 Å². The van der Waals surface area contributed by atoms with Crippen LogP contribution in [0.5, 0.6) is 0 Å². The summed E-state index contributed by atoms with van der Waals surface area (Å²) < 4.78 is 41.7. The fourth-order valence-electron chi connectivity index (χ4n) is 4.60. The number of aromatic nitrogens is 2. The zero-order valence-corrected chi connectivity index (χ0v) is 18.8. The van der Waals surface area contributed by atoms with Gasteiger partial charge >= 0.3 is 6.18 Å². The first kappa shape index (κ1) is 23.3. The van der Waals surface area contributed by atoms with Crippen LogP contribution in [0.25, 0.3) is 10.9 Å². The highest BCUT2D eigenvalue weighted by Crippen LogP contribution is 2.66. The Morgan fingerprint density at radius 2 is 1.91 bits per heavy atom. The summed E-state index contributed by atoms with van der Waals surface area (Å²) in [5, 5.41) is 10.9. The summed E-state index contributed by atoms with van der Waals surface area (Å²) in [4.78, 5) is 14.9. The Bertz CT molecular complexity index is 1090. The first-order valence-electron chi connectivity index (χ1n) is 11.2. The van der Waals surface area contributed by atoms with Crippen LogP contribution >= 0.6 is 0 Å². The van der Waals surface area contributed by atoms with Crippen LogP contribution in [0.3, 0.4) is 0 Å². The lowest BCUT2D eigenvalue weighted by molar-refractivity contribution is -0.194. The molecule has 3 aromatic rings. The molecule has 4 rings (SSSR count). The second-order valence-corrected chi connectivity index (χ2v) is 9.24. The van der Waals surface area contributed by atoms with Gasteiger partial charge in [0.25, 0.3) is 0 Å².